The Kier molecular flexibility index (Phi) is 5.83. The Labute approximate surface area is 162 Å². The molecule has 0 bridgehead atoms. The first-order valence-electron chi connectivity index (χ1n) is 8.99. The van der Waals surface area contributed by atoms with Crippen LogP contribution >= 0.6 is 0 Å². The molecule has 0 aliphatic rings. The fraction of sp³-hybridized carbons (Fsp3) is 0.500. The van der Waals surface area contributed by atoms with Gasteiger partial charge in [-0.15, -0.1) is 0 Å². The predicted octanol–water partition coefficient (Wildman–Crippen LogP) is 3.74. The van der Waals surface area contributed by atoms with Crippen LogP contribution in [-0.4, -0.2) is 23.7 Å². The van der Waals surface area contributed by atoms with Crippen LogP contribution in [0.2, 0.25) is 0 Å². The molecule has 27 heavy (non-hydrogen) atoms. The lowest BCUT2D eigenvalue weighted by Crippen LogP contribution is -2.40. The number of nitrogens with zero attached hydrogens (tertiary/aromatic N) is 3. The summed E-state index contributed by atoms with van der Waals surface area (Å²) in [5, 5.41) is 13.7. The molecule has 1 aromatic heterocycles. The van der Waals surface area contributed by atoms with E-state index in [1.165, 1.54) is 0 Å². The normalized spacial score (nSPS) is 12.8. The van der Waals surface area contributed by atoms with E-state index >= 15 is 0 Å². The third kappa shape index (κ3) is 5.18. The molecule has 0 unspecified atom stereocenters. The summed E-state index contributed by atoms with van der Waals surface area (Å²) >= 11 is 0. The summed E-state index contributed by atoms with van der Waals surface area (Å²) in [6, 6.07) is 9.27. The van der Waals surface area contributed by atoms with Crippen molar-refractivity contribution in [1.29, 1.82) is 5.26 Å². The average Bonchev–Trinajstić information content (AvgIpc) is 3.01. The molecule has 0 saturated carbocycles. The maximum Gasteiger partial charge on any atom is 0.241 e. The molecule has 0 spiro atoms. The van der Waals surface area contributed by atoms with Gasteiger partial charge in [-0.3, -0.25) is 4.68 Å². The molecular weight excluding hydrogens is 360 g/mol. The summed E-state index contributed by atoms with van der Waals surface area (Å²) in [7, 11) is -3.66. The predicted molar refractivity (Wildman–Crippen MR) is 107 cm³/mol. The highest BCUT2D eigenvalue weighted by Gasteiger charge is 2.25. The topological polar surface area (TPSA) is 87.8 Å². The van der Waals surface area contributed by atoms with E-state index in [0.717, 1.165) is 16.8 Å². The lowest BCUT2D eigenvalue weighted by Gasteiger charge is -2.22. The molecule has 1 aromatic carbocycles. The Hall–Kier alpha value is -2.17. The minimum Gasteiger partial charge on any atom is -0.265 e. The molecule has 0 aliphatic heterocycles. The van der Waals surface area contributed by atoms with Gasteiger partial charge in [-0.25, -0.2) is 13.1 Å². The molecule has 0 fully saturated rings. The molecule has 0 saturated heterocycles. The number of rotatable bonds is 6. The molecule has 0 radical (unpaired) electrons. The van der Waals surface area contributed by atoms with Crippen molar-refractivity contribution in [2.75, 3.05) is 0 Å². The largest absolute Gasteiger partial charge is 0.265 e. The Morgan fingerprint density at radius 2 is 1.85 bits per heavy atom. The maximum absolute atomic E-state index is 12.8. The quantitative estimate of drug-likeness (QED) is 0.816. The van der Waals surface area contributed by atoms with Gasteiger partial charge in [0.05, 0.1) is 22.1 Å². The standard InChI is InChI=1S/C20H28N4O2S/c1-7-24-18(10-11-22-24)17-12-16(27(25,26)23-19(2,3)4)9-8-15(17)13-20(5,6)14-21/h8-12,23H,7,13H2,1-6H3. The number of nitriles is 1. The molecule has 0 amide bonds. The first-order chi connectivity index (χ1) is 12.4. The van der Waals surface area contributed by atoms with Crippen molar-refractivity contribution in [3.8, 4) is 17.3 Å². The van der Waals surface area contributed by atoms with Crippen molar-refractivity contribution in [2.45, 2.75) is 64.9 Å². The molecule has 146 valence electrons. The van der Waals surface area contributed by atoms with Crippen molar-refractivity contribution in [1.82, 2.24) is 14.5 Å². The monoisotopic (exact) mass is 388 g/mol. The van der Waals surface area contributed by atoms with Crippen LogP contribution in [0.25, 0.3) is 11.3 Å². The van der Waals surface area contributed by atoms with Crippen LogP contribution in [0.1, 0.15) is 47.1 Å². The summed E-state index contributed by atoms with van der Waals surface area (Å²) in [6.07, 6.45) is 2.22. The number of sulfonamides is 1. The Bertz CT molecular complexity index is 961. The minimum absolute atomic E-state index is 0.204. The molecule has 0 aliphatic carbocycles. The first kappa shape index (κ1) is 21.1. The van der Waals surface area contributed by atoms with Crippen molar-refractivity contribution in [2.24, 2.45) is 5.41 Å². The minimum atomic E-state index is -3.66. The van der Waals surface area contributed by atoms with Gasteiger partial charge in [-0.1, -0.05) is 6.07 Å². The van der Waals surface area contributed by atoms with Crippen LogP contribution in [0.5, 0.6) is 0 Å². The lowest BCUT2D eigenvalue weighted by atomic mass is 9.85. The van der Waals surface area contributed by atoms with E-state index in [2.05, 4.69) is 15.9 Å². The lowest BCUT2D eigenvalue weighted by molar-refractivity contribution is 0.490. The van der Waals surface area contributed by atoms with Crippen LogP contribution in [-0.2, 0) is 23.0 Å². The highest BCUT2D eigenvalue weighted by atomic mass is 32.2. The third-order valence-corrected chi connectivity index (χ3v) is 5.81. The molecule has 6 nitrogen and oxygen atoms in total. The van der Waals surface area contributed by atoms with Gasteiger partial charge < -0.3 is 0 Å². The average molecular weight is 389 g/mol. The van der Waals surface area contributed by atoms with Gasteiger partial charge in [0.25, 0.3) is 0 Å². The van der Waals surface area contributed by atoms with Crippen LogP contribution < -0.4 is 4.72 Å². The Morgan fingerprint density at radius 1 is 1.19 bits per heavy atom. The second-order valence-electron chi connectivity index (χ2n) is 8.38. The first-order valence-corrected chi connectivity index (χ1v) is 10.5. The van der Waals surface area contributed by atoms with Crippen molar-refractivity contribution in [3.05, 3.63) is 36.0 Å². The number of nitrogens with one attached hydrogen (secondary N) is 1. The van der Waals surface area contributed by atoms with Gasteiger partial charge in [0, 0.05) is 23.8 Å². The SMILES string of the molecule is CCn1nccc1-c1cc(S(=O)(=O)NC(C)(C)C)ccc1CC(C)(C)C#N. The second-order valence-corrected chi connectivity index (χ2v) is 10.1. The van der Waals surface area contributed by atoms with Crippen LogP contribution in [0.15, 0.2) is 35.4 Å². The Balaban J connectivity index is 2.63. The zero-order valence-corrected chi connectivity index (χ0v) is 17.7. The summed E-state index contributed by atoms with van der Waals surface area (Å²) < 4.78 is 30.1. The van der Waals surface area contributed by atoms with E-state index in [4.69, 9.17) is 0 Å². The van der Waals surface area contributed by atoms with Crippen molar-refractivity contribution in [3.63, 3.8) is 0 Å². The van der Waals surface area contributed by atoms with Gasteiger partial charge in [0.1, 0.15) is 0 Å². The molecular formula is C20H28N4O2S. The van der Waals surface area contributed by atoms with Gasteiger partial charge in [-0.05, 0) is 71.7 Å². The van der Waals surface area contributed by atoms with E-state index in [1.807, 2.05) is 31.5 Å². The van der Waals surface area contributed by atoms with E-state index in [-0.39, 0.29) is 4.90 Å². The number of aryl methyl sites for hydroxylation is 1. The Morgan fingerprint density at radius 3 is 2.41 bits per heavy atom. The molecule has 1 N–H and O–H groups in total. The van der Waals surface area contributed by atoms with Gasteiger partial charge in [-0.2, -0.15) is 10.4 Å². The van der Waals surface area contributed by atoms with Gasteiger partial charge >= 0.3 is 0 Å². The highest BCUT2D eigenvalue weighted by Crippen LogP contribution is 2.32. The molecule has 0 atom stereocenters. The zero-order chi connectivity index (χ0) is 20.5. The summed E-state index contributed by atoms with van der Waals surface area (Å²) in [5.41, 5.74) is 1.41. The van der Waals surface area contributed by atoms with Crippen molar-refractivity contribution < 1.29 is 8.42 Å². The number of hydrogen-bond acceptors (Lipinski definition) is 4. The smallest absolute Gasteiger partial charge is 0.241 e. The van der Waals surface area contributed by atoms with Crippen LogP contribution in [0, 0.1) is 16.7 Å². The fourth-order valence-electron chi connectivity index (χ4n) is 2.91. The number of hydrogen-bond donors (Lipinski definition) is 1. The molecule has 7 heteroatoms. The van der Waals surface area contributed by atoms with Crippen molar-refractivity contribution >= 4 is 10.0 Å². The fourth-order valence-corrected chi connectivity index (χ4v) is 4.35. The van der Waals surface area contributed by atoms with E-state index in [0.29, 0.717) is 13.0 Å². The van der Waals surface area contributed by atoms with Crippen LogP contribution in [0.4, 0.5) is 0 Å². The summed E-state index contributed by atoms with van der Waals surface area (Å²) in [5.74, 6) is 0. The summed E-state index contributed by atoms with van der Waals surface area (Å²) in [6.45, 7) is 11.8. The van der Waals surface area contributed by atoms with Gasteiger partial charge in [0.15, 0.2) is 0 Å². The van der Waals surface area contributed by atoms with E-state index < -0.39 is 21.0 Å². The second kappa shape index (κ2) is 7.45. The van der Waals surface area contributed by atoms with E-state index in [1.54, 1.807) is 45.2 Å². The zero-order valence-electron chi connectivity index (χ0n) is 16.9. The molecule has 1 heterocycles. The summed E-state index contributed by atoms with van der Waals surface area (Å²) in [4.78, 5) is 0.204. The number of aromatic nitrogens is 2. The highest BCUT2D eigenvalue weighted by molar-refractivity contribution is 7.89. The van der Waals surface area contributed by atoms with Gasteiger partial charge in [0.2, 0.25) is 10.0 Å². The van der Waals surface area contributed by atoms with E-state index in [9.17, 15) is 13.7 Å². The maximum atomic E-state index is 12.8. The third-order valence-electron chi connectivity index (χ3n) is 4.06. The molecule has 2 aromatic rings. The molecule has 2 rings (SSSR count). The number of benzene rings is 1. The van der Waals surface area contributed by atoms with Crippen LogP contribution in [0.3, 0.4) is 0 Å².